The average molecular weight is 397 g/mol. The smallest absolute Gasteiger partial charge is 0.338 e. The van der Waals surface area contributed by atoms with Gasteiger partial charge < -0.3 is 10.1 Å². The highest BCUT2D eigenvalue weighted by Gasteiger charge is 2.11. The maximum atomic E-state index is 12.0. The minimum atomic E-state index is -0.308. The van der Waals surface area contributed by atoms with E-state index in [0.717, 1.165) is 40.0 Å². The third-order valence-electron chi connectivity index (χ3n) is 4.70. The molecule has 0 aliphatic rings. The van der Waals surface area contributed by atoms with E-state index < -0.39 is 0 Å². The molecular formula is C25H23N3O2. The molecule has 1 aromatic heterocycles. The Labute approximate surface area is 175 Å². The Morgan fingerprint density at radius 3 is 2.53 bits per heavy atom. The Morgan fingerprint density at radius 1 is 0.967 bits per heavy atom. The second-order valence-corrected chi connectivity index (χ2v) is 7.12. The normalized spacial score (nSPS) is 10.7. The number of anilines is 2. The number of aromatic nitrogens is 2. The van der Waals surface area contributed by atoms with Crippen LogP contribution in [-0.2, 0) is 4.74 Å². The third kappa shape index (κ3) is 4.30. The molecule has 0 saturated heterocycles. The van der Waals surface area contributed by atoms with E-state index in [9.17, 15) is 4.79 Å². The fourth-order valence-corrected chi connectivity index (χ4v) is 3.19. The van der Waals surface area contributed by atoms with Crippen molar-refractivity contribution >= 4 is 28.4 Å². The maximum absolute atomic E-state index is 12.0. The lowest BCUT2D eigenvalue weighted by atomic mass is 10.1. The second-order valence-electron chi connectivity index (χ2n) is 7.12. The van der Waals surface area contributed by atoms with Crippen LogP contribution >= 0.6 is 0 Å². The Bertz CT molecular complexity index is 1190. The van der Waals surface area contributed by atoms with Crippen molar-refractivity contribution < 1.29 is 9.53 Å². The summed E-state index contributed by atoms with van der Waals surface area (Å²) in [5.41, 5.74) is 4.36. The first kappa shape index (κ1) is 19.6. The number of fused-ring (bicyclic) bond motifs is 1. The van der Waals surface area contributed by atoms with Gasteiger partial charge >= 0.3 is 5.97 Å². The summed E-state index contributed by atoms with van der Waals surface area (Å²) in [6.45, 7) is 4.45. The van der Waals surface area contributed by atoms with Crippen molar-refractivity contribution in [1.82, 2.24) is 9.97 Å². The van der Waals surface area contributed by atoms with Crippen LogP contribution in [0, 0.1) is 6.92 Å². The molecule has 4 rings (SSSR count). The number of para-hydroxylation sites is 1. The van der Waals surface area contributed by atoms with Crippen LogP contribution in [-0.4, -0.2) is 22.5 Å². The van der Waals surface area contributed by atoms with Gasteiger partial charge in [-0.15, -0.1) is 0 Å². The Morgan fingerprint density at radius 2 is 1.77 bits per heavy atom. The number of esters is 1. The van der Waals surface area contributed by atoms with E-state index in [1.54, 1.807) is 12.1 Å². The molecule has 0 aliphatic heterocycles. The van der Waals surface area contributed by atoms with Crippen LogP contribution in [0.2, 0.25) is 0 Å². The van der Waals surface area contributed by atoms with Crippen molar-refractivity contribution in [1.29, 1.82) is 0 Å². The van der Waals surface area contributed by atoms with Gasteiger partial charge in [-0.05, 0) is 55.8 Å². The highest BCUT2D eigenvalue weighted by molar-refractivity contribution is 5.93. The van der Waals surface area contributed by atoms with Crippen LogP contribution in [0.15, 0.2) is 72.8 Å². The zero-order valence-electron chi connectivity index (χ0n) is 17.1. The molecule has 5 heteroatoms. The minimum absolute atomic E-state index is 0.308. The summed E-state index contributed by atoms with van der Waals surface area (Å²) in [5, 5.41) is 4.31. The van der Waals surface area contributed by atoms with E-state index in [0.29, 0.717) is 18.0 Å². The van der Waals surface area contributed by atoms with E-state index in [2.05, 4.69) is 24.4 Å². The number of hydrogen-bond donors (Lipinski definition) is 1. The fourth-order valence-electron chi connectivity index (χ4n) is 3.19. The number of benzene rings is 3. The van der Waals surface area contributed by atoms with Crippen LogP contribution in [0.5, 0.6) is 0 Å². The average Bonchev–Trinajstić information content (AvgIpc) is 2.78. The summed E-state index contributed by atoms with van der Waals surface area (Å²) >= 11 is 0. The van der Waals surface area contributed by atoms with Crippen molar-refractivity contribution in [2.24, 2.45) is 0 Å². The number of carbonyl (C=O) groups excluding carboxylic acids is 1. The molecule has 1 N–H and O–H groups in total. The molecular weight excluding hydrogens is 374 g/mol. The molecule has 0 saturated carbocycles. The standard InChI is InChI=1S/C25H23N3O2/c1-3-15-30-25(29)18-11-13-20(14-12-18)26-24-21-9-4-5-10-22(21)27-23(28-24)19-8-6-7-17(2)16-19/h4-14,16H,3,15H2,1-2H3,(H,26,27,28). The number of hydrogen-bond acceptors (Lipinski definition) is 5. The summed E-state index contributed by atoms with van der Waals surface area (Å²) < 4.78 is 5.19. The van der Waals surface area contributed by atoms with Gasteiger partial charge in [-0.25, -0.2) is 14.8 Å². The van der Waals surface area contributed by atoms with Gasteiger partial charge in [-0.2, -0.15) is 0 Å². The topological polar surface area (TPSA) is 64.1 Å². The monoisotopic (exact) mass is 397 g/mol. The third-order valence-corrected chi connectivity index (χ3v) is 4.70. The number of aryl methyl sites for hydroxylation is 1. The number of nitrogens with one attached hydrogen (secondary N) is 1. The summed E-state index contributed by atoms with van der Waals surface area (Å²) in [6, 6.07) is 23.3. The summed E-state index contributed by atoms with van der Waals surface area (Å²) in [4.78, 5) is 21.5. The molecule has 3 aromatic carbocycles. The lowest BCUT2D eigenvalue weighted by Crippen LogP contribution is -2.06. The van der Waals surface area contributed by atoms with Crippen molar-refractivity contribution in [3.8, 4) is 11.4 Å². The molecule has 0 atom stereocenters. The Balaban J connectivity index is 1.67. The Kier molecular flexibility index (Phi) is 5.70. The number of carbonyl (C=O) groups is 1. The molecule has 30 heavy (non-hydrogen) atoms. The zero-order chi connectivity index (χ0) is 20.9. The number of nitrogens with zero attached hydrogens (tertiary/aromatic N) is 2. The van der Waals surface area contributed by atoms with Gasteiger partial charge in [0.15, 0.2) is 5.82 Å². The fraction of sp³-hybridized carbons (Fsp3) is 0.160. The molecule has 0 bridgehead atoms. The molecule has 0 unspecified atom stereocenters. The molecule has 150 valence electrons. The first-order valence-corrected chi connectivity index (χ1v) is 10.0. The summed E-state index contributed by atoms with van der Waals surface area (Å²) in [6.07, 6.45) is 0.801. The highest BCUT2D eigenvalue weighted by atomic mass is 16.5. The molecule has 0 aliphatic carbocycles. The molecule has 0 spiro atoms. The van der Waals surface area contributed by atoms with Gasteiger partial charge in [0, 0.05) is 16.6 Å². The van der Waals surface area contributed by atoms with Gasteiger partial charge in [0.2, 0.25) is 0 Å². The summed E-state index contributed by atoms with van der Waals surface area (Å²) in [5.74, 6) is 1.08. The van der Waals surface area contributed by atoms with Crippen molar-refractivity contribution in [3.63, 3.8) is 0 Å². The molecule has 5 nitrogen and oxygen atoms in total. The van der Waals surface area contributed by atoms with E-state index in [-0.39, 0.29) is 5.97 Å². The predicted octanol–water partition coefficient (Wildman–Crippen LogP) is 5.92. The largest absolute Gasteiger partial charge is 0.462 e. The van der Waals surface area contributed by atoms with E-state index in [1.807, 2.05) is 55.5 Å². The van der Waals surface area contributed by atoms with E-state index in [1.165, 1.54) is 0 Å². The first-order chi connectivity index (χ1) is 14.6. The molecule has 0 amide bonds. The van der Waals surface area contributed by atoms with Crippen LogP contribution in [0.4, 0.5) is 11.5 Å². The zero-order valence-corrected chi connectivity index (χ0v) is 17.1. The highest BCUT2D eigenvalue weighted by Crippen LogP contribution is 2.27. The minimum Gasteiger partial charge on any atom is -0.462 e. The molecule has 0 fully saturated rings. The SMILES string of the molecule is CCCOC(=O)c1ccc(Nc2nc(-c3cccc(C)c3)nc3ccccc23)cc1. The summed E-state index contributed by atoms with van der Waals surface area (Å²) in [7, 11) is 0. The molecule has 1 heterocycles. The van der Waals surface area contributed by atoms with Crippen LogP contribution in [0.3, 0.4) is 0 Å². The van der Waals surface area contributed by atoms with Crippen molar-refractivity contribution in [2.75, 3.05) is 11.9 Å². The van der Waals surface area contributed by atoms with Gasteiger partial charge in [-0.1, -0.05) is 42.8 Å². The maximum Gasteiger partial charge on any atom is 0.338 e. The van der Waals surface area contributed by atoms with Crippen molar-refractivity contribution in [3.05, 3.63) is 83.9 Å². The lowest BCUT2D eigenvalue weighted by Gasteiger charge is -2.12. The number of rotatable bonds is 6. The Hall–Kier alpha value is -3.73. The van der Waals surface area contributed by atoms with Crippen LogP contribution in [0.1, 0.15) is 29.3 Å². The predicted molar refractivity (Wildman–Crippen MR) is 120 cm³/mol. The lowest BCUT2D eigenvalue weighted by molar-refractivity contribution is 0.0505. The van der Waals surface area contributed by atoms with E-state index >= 15 is 0 Å². The molecule has 4 aromatic rings. The molecule has 0 radical (unpaired) electrons. The quantitative estimate of drug-likeness (QED) is 0.409. The van der Waals surface area contributed by atoms with Crippen LogP contribution in [0.25, 0.3) is 22.3 Å². The van der Waals surface area contributed by atoms with Crippen molar-refractivity contribution in [2.45, 2.75) is 20.3 Å². The van der Waals surface area contributed by atoms with Gasteiger partial charge in [-0.3, -0.25) is 0 Å². The second kappa shape index (κ2) is 8.74. The first-order valence-electron chi connectivity index (χ1n) is 10.0. The number of ether oxygens (including phenoxy) is 1. The van der Waals surface area contributed by atoms with Gasteiger partial charge in [0.05, 0.1) is 17.7 Å². The van der Waals surface area contributed by atoms with E-state index in [4.69, 9.17) is 14.7 Å². The van der Waals surface area contributed by atoms with Gasteiger partial charge in [0.25, 0.3) is 0 Å². The van der Waals surface area contributed by atoms with Crippen LogP contribution < -0.4 is 5.32 Å². The van der Waals surface area contributed by atoms with Gasteiger partial charge in [0.1, 0.15) is 5.82 Å².